The maximum atomic E-state index is 11.2. The van der Waals surface area contributed by atoms with Gasteiger partial charge in [0, 0.05) is 17.5 Å². The van der Waals surface area contributed by atoms with E-state index in [0.29, 0.717) is 22.5 Å². The lowest BCUT2D eigenvalue weighted by Gasteiger charge is -2.24. The highest BCUT2D eigenvalue weighted by Crippen LogP contribution is 2.32. The Morgan fingerprint density at radius 2 is 2.00 bits per heavy atom. The van der Waals surface area contributed by atoms with Gasteiger partial charge in [0.05, 0.1) is 12.7 Å². The highest BCUT2D eigenvalue weighted by atomic mass is 16.5. The van der Waals surface area contributed by atoms with Crippen LogP contribution < -0.4 is 15.1 Å². The molecular formula is C15H18O6. The zero-order valence-electron chi connectivity index (χ0n) is 12.1. The van der Waals surface area contributed by atoms with Gasteiger partial charge in [-0.25, -0.2) is 4.79 Å². The third-order valence-corrected chi connectivity index (χ3v) is 3.12. The number of aliphatic hydroxyl groups is 2. The summed E-state index contributed by atoms with van der Waals surface area (Å²) >= 11 is 0. The Morgan fingerprint density at radius 1 is 1.29 bits per heavy atom. The van der Waals surface area contributed by atoms with E-state index in [9.17, 15) is 15.0 Å². The molecule has 6 heteroatoms. The monoisotopic (exact) mass is 294 g/mol. The number of rotatable bonds is 5. The minimum absolute atomic E-state index is 0.0951. The fourth-order valence-corrected chi connectivity index (χ4v) is 1.72. The summed E-state index contributed by atoms with van der Waals surface area (Å²) in [7, 11) is 1.46. The maximum Gasteiger partial charge on any atom is 0.336 e. The molecule has 0 fully saturated rings. The van der Waals surface area contributed by atoms with Crippen LogP contribution in [0.25, 0.3) is 11.0 Å². The standard InChI is InChI=1S/C15H18O6/c1-15(2,18)13(16)8-20-12-6-9-4-5-14(17)21-10(9)7-11(12)19-3/h4-7,13,16,18H,8H2,1-3H3. The molecule has 0 saturated carbocycles. The molecule has 21 heavy (non-hydrogen) atoms. The van der Waals surface area contributed by atoms with Crippen LogP contribution >= 0.6 is 0 Å². The van der Waals surface area contributed by atoms with Crippen LogP contribution in [-0.4, -0.2) is 35.6 Å². The number of methoxy groups -OCH3 is 1. The van der Waals surface area contributed by atoms with E-state index in [1.165, 1.54) is 27.0 Å². The Balaban J connectivity index is 2.30. The van der Waals surface area contributed by atoms with Crippen molar-refractivity contribution in [1.29, 1.82) is 0 Å². The fraction of sp³-hybridized carbons (Fsp3) is 0.400. The Hall–Kier alpha value is -2.05. The van der Waals surface area contributed by atoms with Gasteiger partial charge in [0.2, 0.25) is 0 Å². The summed E-state index contributed by atoms with van der Waals surface area (Å²) in [6.45, 7) is 2.89. The van der Waals surface area contributed by atoms with Crippen molar-refractivity contribution in [2.75, 3.05) is 13.7 Å². The van der Waals surface area contributed by atoms with Gasteiger partial charge in [0.1, 0.15) is 18.3 Å². The SMILES string of the molecule is COc1cc2oc(=O)ccc2cc1OCC(O)C(C)(C)O. The van der Waals surface area contributed by atoms with Gasteiger partial charge < -0.3 is 24.1 Å². The maximum absolute atomic E-state index is 11.2. The number of benzene rings is 1. The second kappa shape index (κ2) is 5.75. The van der Waals surface area contributed by atoms with Crippen LogP contribution in [0.3, 0.4) is 0 Å². The molecule has 2 N–H and O–H groups in total. The third-order valence-electron chi connectivity index (χ3n) is 3.12. The lowest BCUT2D eigenvalue weighted by molar-refractivity contribution is -0.0663. The summed E-state index contributed by atoms with van der Waals surface area (Å²) in [6, 6.07) is 6.11. The Bertz CT molecular complexity index is 683. The Labute approximate surface area is 121 Å². The van der Waals surface area contributed by atoms with Crippen molar-refractivity contribution in [1.82, 2.24) is 0 Å². The van der Waals surface area contributed by atoms with Crippen molar-refractivity contribution >= 4 is 11.0 Å². The van der Waals surface area contributed by atoms with Crippen LogP contribution in [0.5, 0.6) is 11.5 Å². The first-order chi connectivity index (χ1) is 9.81. The largest absolute Gasteiger partial charge is 0.493 e. The van der Waals surface area contributed by atoms with E-state index >= 15 is 0 Å². The molecular weight excluding hydrogens is 276 g/mol. The van der Waals surface area contributed by atoms with Crippen LogP contribution in [0.4, 0.5) is 0 Å². The molecule has 0 saturated heterocycles. The van der Waals surface area contributed by atoms with Crippen molar-refractivity contribution in [3.8, 4) is 11.5 Å². The minimum Gasteiger partial charge on any atom is -0.493 e. The van der Waals surface area contributed by atoms with Gasteiger partial charge in [-0.05, 0) is 26.0 Å². The second-order valence-corrected chi connectivity index (χ2v) is 5.28. The van der Waals surface area contributed by atoms with Crippen molar-refractivity contribution in [3.05, 3.63) is 34.7 Å². The molecule has 1 unspecified atom stereocenters. The Morgan fingerprint density at radius 3 is 2.62 bits per heavy atom. The van der Waals surface area contributed by atoms with E-state index in [1.807, 2.05) is 0 Å². The first kappa shape index (κ1) is 15.3. The molecule has 6 nitrogen and oxygen atoms in total. The van der Waals surface area contributed by atoms with Gasteiger partial charge in [-0.1, -0.05) is 0 Å². The zero-order valence-corrected chi connectivity index (χ0v) is 12.1. The zero-order chi connectivity index (χ0) is 15.6. The minimum atomic E-state index is -1.27. The van der Waals surface area contributed by atoms with Crippen molar-refractivity contribution in [2.24, 2.45) is 0 Å². The number of aliphatic hydroxyl groups excluding tert-OH is 1. The van der Waals surface area contributed by atoms with Crippen LogP contribution in [0.15, 0.2) is 33.5 Å². The van der Waals surface area contributed by atoms with Crippen LogP contribution in [0, 0.1) is 0 Å². The predicted octanol–water partition coefficient (Wildman–Crippen LogP) is 1.31. The Kier molecular flexibility index (Phi) is 4.20. The van der Waals surface area contributed by atoms with Crippen molar-refractivity contribution in [3.63, 3.8) is 0 Å². The molecule has 1 heterocycles. The van der Waals surface area contributed by atoms with E-state index < -0.39 is 17.3 Å². The fourth-order valence-electron chi connectivity index (χ4n) is 1.72. The number of hydrogen-bond acceptors (Lipinski definition) is 6. The predicted molar refractivity (Wildman–Crippen MR) is 76.8 cm³/mol. The van der Waals surface area contributed by atoms with E-state index in [0.717, 1.165) is 0 Å². The second-order valence-electron chi connectivity index (χ2n) is 5.28. The average Bonchev–Trinajstić information content (AvgIpc) is 2.42. The summed E-state index contributed by atoms with van der Waals surface area (Å²) in [5.41, 5.74) is -1.33. The average molecular weight is 294 g/mol. The van der Waals surface area contributed by atoms with Crippen LogP contribution in [0.1, 0.15) is 13.8 Å². The molecule has 0 bridgehead atoms. The normalized spacial score (nSPS) is 13.2. The number of ether oxygens (including phenoxy) is 2. The topological polar surface area (TPSA) is 89.1 Å². The van der Waals surface area contributed by atoms with E-state index in [4.69, 9.17) is 13.9 Å². The smallest absolute Gasteiger partial charge is 0.336 e. The summed E-state index contributed by atoms with van der Waals surface area (Å²) in [5.74, 6) is 0.766. The van der Waals surface area contributed by atoms with Gasteiger partial charge in [-0.2, -0.15) is 0 Å². The molecule has 0 aliphatic carbocycles. The van der Waals surface area contributed by atoms with Crippen LogP contribution in [0.2, 0.25) is 0 Å². The third kappa shape index (κ3) is 3.53. The summed E-state index contributed by atoms with van der Waals surface area (Å²) < 4.78 is 15.7. The molecule has 0 aliphatic rings. The molecule has 1 atom stereocenters. The van der Waals surface area contributed by atoms with Gasteiger partial charge >= 0.3 is 5.63 Å². The lowest BCUT2D eigenvalue weighted by Crippen LogP contribution is -2.40. The van der Waals surface area contributed by atoms with E-state index in [1.54, 1.807) is 18.2 Å². The number of hydrogen-bond donors (Lipinski definition) is 2. The van der Waals surface area contributed by atoms with Gasteiger partial charge in [0.25, 0.3) is 0 Å². The molecule has 1 aromatic carbocycles. The van der Waals surface area contributed by atoms with Gasteiger partial charge in [-0.15, -0.1) is 0 Å². The highest BCUT2D eigenvalue weighted by Gasteiger charge is 2.25. The van der Waals surface area contributed by atoms with Crippen LogP contribution in [-0.2, 0) is 0 Å². The van der Waals surface area contributed by atoms with E-state index in [2.05, 4.69) is 0 Å². The van der Waals surface area contributed by atoms with Crippen molar-refractivity contribution < 1.29 is 24.1 Å². The molecule has 0 amide bonds. The quantitative estimate of drug-likeness (QED) is 0.808. The molecule has 0 aliphatic heterocycles. The van der Waals surface area contributed by atoms with Crippen molar-refractivity contribution in [2.45, 2.75) is 25.6 Å². The van der Waals surface area contributed by atoms with E-state index in [-0.39, 0.29) is 6.61 Å². The summed E-state index contributed by atoms with van der Waals surface area (Å²) in [6.07, 6.45) is -1.05. The van der Waals surface area contributed by atoms with Gasteiger partial charge in [0.15, 0.2) is 11.5 Å². The lowest BCUT2D eigenvalue weighted by atomic mass is 10.0. The highest BCUT2D eigenvalue weighted by molar-refractivity contribution is 5.80. The molecule has 2 rings (SSSR count). The number of fused-ring (bicyclic) bond motifs is 1. The molecule has 1 aromatic heterocycles. The summed E-state index contributed by atoms with van der Waals surface area (Å²) in [4.78, 5) is 11.2. The van der Waals surface area contributed by atoms with Gasteiger partial charge in [-0.3, -0.25) is 0 Å². The summed E-state index contributed by atoms with van der Waals surface area (Å²) in [5, 5.41) is 20.1. The molecule has 114 valence electrons. The molecule has 0 spiro atoms. The first-order valence-corrected chi connectivity index (χ1v) is 6.46. The first-order valence-electron chi connectivity index (χ1n) is 6.46. The molecule has 2 aromatic rings. The molecule has 0 radical (unpaired) electrons.